The van der Waals surface area contributed by atoms with Gasteiger partial charge in [-0.15, -0.1) is 11.3 Å². The molecule has 0 spiro atoms. The van der Waals surface area contributed by atoms with Crippen LogP contribution in [0.3, 0.4) is 0 Å². The summed E-state index contributed by atoms with van der Waals surface area (Å²) in [5.74, 6) is 0.897. The molecule has 3 aliphatic heterocycles. The number of carbonyl (C=O) groups is 1. The van der Waals surface area contributed by atoms with E-state index in [1.54, 1.807) is 16.0 Å². The van der Waals surface area contributed by atoms with Gasteiger partial charge < -0.3 is 4.90 Å². The van der Waals surface area contributed by atoms with Crippen molar-refractivity contribution >= 4 is 17.2 Å². The van der Waals surface area contributed by atoms with Crippen LogP contribution in [-0.2, 0) is 24.8 Å². The number of piperidine rings is 1. The van der Waals surface area contributed by atoms with Crippen LogP contribution in [0.2, 0.25) is 0 Å². The molecule has 3 fully saturated rings. The van der Waals surface area contributed by atoms with E-state index in [1.165, 1.54) is 6.42 Å². The fourth-order valence-corrected chi connectivity index (χ4v) is 4.70. The number of thiazole rings is 1. The average molecular weight is 359 g/mol. The molecule has 1 amide bonds. The Bertz CT molecular complexity index is 713. The highest BCUT2D eigenvalue weighted by Crippen LogP contribution is 2.29. The quantitative estimate of drug-likeness (QED) is 0.819. The third-order valence-corrected chi connectivity index (χ3v) is 6.00. The van der Waals surface area contributed by atoms with E-state index in [0.717, 1.165) is 50.3 Å². The topological polar surface area (TPSA) is 54.3 Å². The van der Waals surface area contributed by atoms with Crippen LogP contribution >= 0.6 is 11.3 Å². The zero-order chi connectivity index (χ0) is 17.2. The van der Waals surface area contributed by atoms with Crippen LogP contribution in [0.4, 0.5) is 0 Å². The Morgan fingerprint density at radius 1 is 1.32 bits per heavy atom. The first-order valence-electron chi connectivity index (χ1n) is 9.04. The van der Waals surface area contributed by atoms with Gasteiger partial charge in [-0.3, -0.25) is 14.4 Å². The first-order valence-corrected chi connectivity index (χ1v) is 9.98. The summed E-state index contributed by atoms with van der Waals surface area (Å²) in [5.41, 5.74) is 4.19. The predicted octanol–water partition coefficient (Wildman–Crippen LogP) is 1.93. The minimum atomic E-state index is 0.300. The minimum absolute atomic E-state index is 0.300. The van der Waals surface area contributed by atoms with Gasteiger partial charge in [-0.2, -0.15) is 5.10 Å². The van der Waals surface area contributed by atoms with Crippen LogP contribution in [0.15, 0.2) is 23.3 Å². The number of amides is 1. The van der Waals surface area contributed by atoms with Gasteiger partial charge in [-0.1, -0.05) is 0 Å². The van der Waals surface area contributed by atoms with Gasteiger partial charge in [0.15, 0.2) is 0 Å². The zero-order valence-electron chi connectivity index (χ0n) is 14.7. The first-order chi connectivity index (χ1) is 12.2. The Balaban J connectivity index is 1.37. The number of nitrogens with zero attached hydrogens (tertiary/aromatic N) is 5. The molecule has 25 heavy (non-hydrogen) atoms. The minimum Gasteiger partial charge on any atom is -0.338 e. The van der Waals surface area contributed by atoms with Crippen LogP contribution in [-0.4, -0.2) is 56.1 Å². The molecule has 2 bridgehead atoms. The third-order valence-electron chi connectivity index (χ3n) is 5.36. The smallest absolute Gasteiger partial charge is 0.223 e. The maximum atomic E-state index is 12.8. The highest BCUT2D eigenvalue weighted by atomic mass is 32.1. The standard InChI is InChI=1S/C18H25N5OS/c1-21-7-14(6-20-21)3-5-18(24)23-9-15-2-4-17(23)11-22(8-15)10-16-12-25-13-19-16/h6-7,12-13,15,17H,2-5,8-11H2,1H3/t15-,17+/m0/s1. The third kappa shape index (κ3) is 3.93. The van der Waals surface area contributed by atoms with Crippen molar-refractivity contribution in [1.29, 1.82) is 0 Å². The molecule has 3 aliphatic rings. The van der Waals surface area contributed by atoms with E-state index in [2.05, 4.69) is 25.3 Å². The van der Waals surface area contributed by atoms with Crippen molar-refractivity contribution in [3.63, 3.8) is 0 Å². The molecule has 5 rings (SSSR count). The molecule has 134 valence electrons. The van der Waals surface area contributed by atoms with Crippen molar-refractivity contribution in [2.75, 3.05) is 19.6 Å². The highest BCUT2D eigenvalue weighted by Gasteiger charge is 2.36. The zero-order valence-corrected chi connectivity index (χ0v) is 15.5. The molecule has 2 aromatic rings. The van der Waals surface area contributed by atoms with Crippen LogP contribution in [0.5, 0.6) is 0 Å². The summed E-state index contributed by atoms with van der Waals surface area (Å²) >= 11 is 1.65. The van der Waals surface area contributed by atoms with Crippen molar-refractivity contribution in [2.45, 2.75) is 38.3 Å². The molecule has 0 N–H and O–H groups in total. The second kappa shape index (κ2) is 7.25. The van der Waals surface area contributed by atoms with Crippen LogP contribution in [0, 0.1) is 5.92 Å². The lowest BCUT2D eigenvalue weighted by molar-refractivity contribution is -0.135. The summed E-state index contributed by atoms with van der Waals surface area (Å²) in [5, 5.41) is 6.31. The lowest BCUT2D eigenvalue weighted by atomic mass is 9.94. The Morgan fingerprint density at radius 3 is 3.00 bits per heavy atom. The van der Waals surface area contributed by atoms with Gasteiger partial charge in [-0.25, -0.2) is 4.98 Å². The molecule has 2 aromatic heterocycles. The van der Waals surface area contributed by atoms with Gasteiger partial charge in [0.05, 0.1) is 17.4 Å². The summed E-state index contributed by atoms with van der Waals surface area (Å²) in [4.78, 5) is 21.9. The normalized spacial score (nSPS) is 23.8. The molecule has 3 saturated heterocycles. The van der Waals surface area contributed by atoms with Gasteiger partial charge in [0.25, 0.3) is 0 Å². The number of rotatable bonds is 5. The number of aryl methyl sites for hydroxylation is 2. The fraction of sp³-hybridized carbons (Fsp3) is 0.611. The van der Waals surface area contributed by atoms with E-state index in [0.29, 0.717) is 24.3 Å². The molecule has 5 heterocycles. The number of aromatic nitrogens is 3. The van der Waals surface area contributed by atoms with Crippen molar-refractivity contribution in [3.05, 3.63) is 34.5 Å². The second-order valence-corrected chi connectivity index (χ2v) is 8.06. The van der Waals surface area contributed by atoms with Crippen LogP contribution < -0.4 is 0 Å². The van der Waals surface area contributed by atoms with E-state index >= 15 is 0 Å². The largest absolute Gasteiger partial charge is 0.338 e. The molecule has 0 saturated carbocycles. The number of hydrogen-bond acceptors (Lipinski definition) is 5. The number of hydrogen-bond donors (Lipinski definition) is 0. The van der Waals surface area contributed by atoms with E-state index in [1.807, 2.05) is 25.0 Å². The Morgan fingerprint density at radius 2 is 2.24 bits per heavy atom. The summed E-state index contributed by atoms with van der Waals surface area (Å²) in [6.45, 7) is 3.89. The summed E-state index contributed by atoms with van der Waals surface area (Å²) in [6, 6.07) is 0.360. The second-order valence-electron chi connectivity index (χ2n) is 7.34. The molecular formula is C18H25N5OS. The molecule has 0 aliphatic carbocycles. The van der Waals surface area contributed by atoms with E-state index < -0.39 is 0 Å². The Kier molecular flexibility index (Phi) is 4.85. The molecule has 2 atom stereocenters. The van der Waals surface area contributed by atoms with E-state index in [-0.39, 0.29) is 0 Å². The summed E-state index contributed by atoms with van der Waals surface area (Å²) in [7, 11) is 1.91. The lowest BCUT2D eigenvalue weighted by Gasteiger charge is -2.36. The maximum absolute atomic E-state index is 12.8. The van der Waals surface area contributed by atoms with E-state index in [9.17, 15) is 4.79 Å². The average Bonchev–Trinajstić information content (AvgIpc) is 3.17. The molecule has 0 radical (unpaired) electrons. The monoisotopic (exact) mass is 359 g/mol. The summed E-state index contributed by atoms with van der Waals surface area (Å²) in [6.07, 6.45) is 7.60. The molecule has 6 nitrogen and oxygen atoms in total. The number of carbonyl (C=O) groups excluding carboxylic acids is 1. The van der Waals surface area contributed by atoms with Gasteiger partial charge in [0, 0.05) is 57.3 Å². The van der Waals surface area contributed by atoms with Crippen LogP contribution in [0.1, 0.15) is 30.5 Å². The maximum Gasteiger partial charge on any atom is 0.223 e. The van der Waals surface area contributed by atoms with Gasteiger partial charge in [0.2, 0.25) is 5.91 Å². The molecule has 0 unspecified atom stereocenters. The van der Waals surface area contributed by atoms with Crippen molar-refractivity contribution in [3.8, 4) is 0 Å². The van der Waals surface area contributed by atoms with Gasteiger partial charge >= 0.3 is 0 Å². The highest BCUT2D eigenvalue weighted by molar-refractivity contribution is 7.07. The first kappa shape index (κ1) is 16.7. The van der Waals surface area contributed by atoms with E-state index in [4.69, 9.17) is 0 Å². The molecular weight excluding hydrogens is 334 g/mol. The predicted molar refractivity (Wildman–Crippen MR) is 97.1 cm³/mol. The number of fused-ring (bicyclic) bond motifs is 4. The van der Waals surface area contributed by atoms with Crippen molar-refractivity contribution in [1.82, 2.24) is 24.6 Å². The lowest BCUT2D eigenvalue weighted by Crippen LogP contribution is -2.47. The van der Waals surface area contributed by atoms with Crippen LogP contribution in [0.25, 0.3) is 0 Å². The van der Waals surface area contributed by atoms with Crippen molar-refractivity contribution in [2.24, 2.45) is 13.0 Å². The Hall–Kier alpha value is -1.73. The van der Waals surface area contributed by atoms with Gasteiger partial charge in [0.1, 0.15) is 0 Å². The van der Waals surface area contributed by atoms with Gasteiger partial charge in [-0.05, 0) is 30.7 Å². The molecule has 0 aromatic carbocycles. The van der Waals surface area contributed by atoms with Crippen molar-refractivity contribution < 1.29 is 4.79 Å². The Labute approximate surface area is 152 Å². The fourth-order valence-electron chi connectivity index (χ4n) is 4.15. The SMILES string of the molecule is Cn1cc(CCC(=O)N2C[C@H]3CC[C@@H]2CN(Cc2cscn2)C3)cn1. The molecule has 7 heteroatoms. The summed E-state index contributed by atoms with van der Waals surface area (Å²) < 4.78 is 1.80.